The minimum absolute atomic E-state index is 0. The van der Waals surface area contributed by atoms with Gasteiger partial charge in [-0.1, -0.05) is 48.5 Å². The van der Waals surface area contributed by atoms with Crippen molar-refractivity contribution < 1.29 is 9.47 Å². The summed E-state index contributed by atoms with van der Waals surface area (Å²) in [6.45, 7) is 0. The maximum Gasteiger partial charge on any atom is 0.170 e. The van der Waals surface area contributed by atoms with Crippen LogP contribution < -0.4 is 15.2 Å². The number of rotatable bonds is 6. The summed E-state index contributed by atoms with van der Waals surface area (Å²) in [6.07, 6.45) is 0. The quantitative estimate of drug-likeness (QED) is 0.380. The third-order valence-electron chi connectivity index (χ3n) is 4.12. The average molecular weight is 410 g/mol. The number of benzene rings is 3. The van der Waals surface area contributed by atoms with Crippen molar-refractivity contribution in [3.05, 3.63) is 107 Å². The van der Waals surface area contributed by atoms with Crippen molar-refractivity contribution in [3.8, 4) is 23.0 Å². The molecule has 0 saturated carbocycles. The van der Waals surface area contributed by atoms with Gasteiger partial charge in [0.2, 0.25) is 0 Å². The third kappa shape index (κ3) is 4.73. The van der Waals surface area contributed by atoms with Crippen molar-refractivity contribution in [1.29, 1.82) is 0 Å². The molecule has 3 aromatic carbocycles. The molecule has 1 heterocycles. The molecule has 0 saturated heterocycles. The first-order valence-corrected chi connectivity index (χ1v) is 9.56. The molecule has 0 aliphatic rings. The highest BCUT2D eigenvalue weighted by Gasteiger charge is 2.15. The van der Waals surface area contributed by atoms with Crippen molar-refractivity contribution in [2.45, 2.75) is 6.04 Å². The van der Waals surface area contributed by atoms with E-state index in [1.807, 2.05) is 96.4 Å². The van der Waals surface area contributed by atoms with Gasteiger partial charge in [-0.2, -0.15) is 0 Å². The largest absolute Gasteiger partial charge is 0.453 e. The SMILES string of the molecule is Cl.N[C@@H](c1ccc(Oc2ccccc2)c(Oc2ccccc2)c1)c1cccs1. The highest BCUT2D eigenvalue weighted by molar-refractivity contribution is 7.10. The fourth-order valence-electron chi connectivity index (χ4n) is 2.75. The van der Waals surface area contributed by atoms with E-state index in [0.717, 1.165) is 21.9 Å². The Balaban J connectivity index is 0.00000225. The zero-order valence-corrected chi connectivity index (χ0v) is 16.7. The molecule has 28 heavy (non-hydrogen) atoms. The van der Waals surface area contributed by atoms with E-state index in [4.69, 9.17) is 15.2 Å². The van der Waals surface area contributed by atoms with Crippen LogP contribution in [0.3, 0.4) is 0 Å². The van der Waals surface area contributed by atoms with Crippen LogP contribution in [0.15, 0.2) is 96.4 Å². The Morgan fingerprint density at radius 1 is 0.679 bits per heavy atom. The number of hydrogen-bond donors (Lipinski definition) is 1. The Labute approximate surface area is 174 Å². The van der Waals surface area contributed by atoms with Crippen LogP contribution in [0, 0.1) is 0 Å². The number of ether oxygens (including phenoxy) is 2. The van der Waals surface area contributed by atoms with Crippen LogP contribution in [0.1, 0.15) is 16.5 Å². The molecule has 0 radical (unpaired) electrons. The molecule has 0 spiro atoms. The summed E-state index contributed by atoms with van der Waals surface area (Å²) < 4.78 is 12.2. The molecular weight excluding hydrogens is 390 g/mol. The Morgan fingerprint density at radius 2 is 1.29 bits per heavy atom. The maximum absolute atomic E-state index is 6.44. The van der Waals surface area contributed by atoms with Crippen LogP contribution >= 0.6 is 23.7 Å². The lowest BCUT2D eigenvalue weighted by Gasteiger charge is -2.16. The molecule has 0 amide bonds. The molecule has 4 aromatic rings. The Bertz CT molecular complexity index is 992. The van der Waals surface area contributed by atoms with Gasteiger partial charge in [-0.05, 0) is 53.4 Å². The Hall–Kier alpha value is -2.79. The first kappa shape index (κ1) is 20.0. The first-order chi connectivity index (χ1) is 13.3. The second kappa shape index (κ2) is 9.42. The van der Waals surface area contributed by atoms with E-state index in [2.05, 4.69) is 0 Å². The molecule has 142 valence electrons. The van der Waals surface area contributed by atoms with Crippen molar-refractivity contribution in [1.82, 2.24) is 0 Å². The van der Waals surface area contributed by atoms with E-state index in [9.17, 15) is 0 Å². The maximum atomic E-state index is 6.44. The molecule has 2 N–H and O–H groups in total. The summed E-state index contributed by atoms with van der Waals surface area (Å²) in [5, 5.41) is 2.03. The number of para-hydroxylation sites is 2. The Morgan fingerprint density at radius 3 is 1.86 bits per heavy atom. The predicted molar refractivity (Wildman–Crippen MR) is 117 cm³/mol. The standard InChI is InChI=1S/C23H19NO2S.ClH/c24-23(22-12-7-15-27-22)17-13-14-20(25-18-8-3-1-4-9-18)21(16-17)26-19-10-5-2-6-11-19;/h1-16,23H,24H2;1H/t23-;/m0./s1. The van der Waals surface area contributed by atoms with E-state index >= 15 is 0 Å². The summed E-state index contributed by atoms with van der Waals surface area (Å²) in [4.78, 5) is 1.11. The molecule has 0 bridgehead atoms. The fourth-order valence-corrected chi connectivity index (χ4v) is 3.50. The summed E-state index contributed by atoms with van der Waals surface area (Å²) in [7, 11) is 0. The topological polar surface area (TPSA) is 44.5 Å². The Kier molecular flexibility index (Phi) is 6.71. The van der Waals surface area contributed by atoms with E-state index in [1.54, 1.807) is 11.3 Å². The zero-order valence-electron chi connectivity index (χ0n) is 15.0. The monoisotopic (exact) mass is 409 g/mol. The molecule has 3 nitrogen and oxygen atoms in total. The van der Waals surface area contributed by atoms with Crippen molar-refractivity contribution in [2.24, 2.45) is 5.73 Å². The number of nitrogens with two attached hydrogens (primary N) is 1. The lowest BCUT2D eigenvalue weighted by Crippen LogP contribution is -2.10. The number of thiophene rings is 1. The normalized spacial score (nSPS) is 11.3. The van der Waals surface area contributed by atoms with Gasteiger partial charge in [-0.25, -0.2) is 0 Å². The van der Waals surface area contributed by atoms with Gasteiger partial charge in [0.05, 0.1) is 6.04 Å². The summed E-state index contributed by atoms with van der Waals surface area (Å²) in [5.74, 6) is 2.78. The third-order valence-corrected chi connectivity index (χ3v) is 5.07. The van der Waals surface area contributed by atoms with Gasteiger partial charge in [0.25, 0.3) is 0 Å². The van der Waals surface area contributed by atoms with Gasteiger partial charge >= 0.3 is 0 Å². The first-order valence-electron chi connectivity index (χ1n) is 8.68. The van der Waals surface area contributed by atoms with Crippen LogP contribution in [0.5, 0.6) is 23.0 Å². The van der Waals surface area contributed by atoms with Gasteiger partial charge < -0.3 is 15.2 Å². The number of hydrogen-bond acceptors (Lipinski definition) is 4. The molecule has 0 aliphatic carbocycles. The van der Waals surface area contributed by atoms with Gasteiger partial charge in [-0.3, -0.25) is 0 Å². The second-order valence-corrected chi connectivity index (χ2v) is 7.01. The molecule has 0 aliphatic heterocycles. The molecule has 0 fully saturated rings. The summed E-state index contributed by atoms with van der Waals surface area (Å²) in [5.41, 5.74) is 7.42. The molecule has 0 unspecified atom stereocenters. The minimum atomic E-state index is -0.200. The zero-order chi connectivity index (χ0) is 18.5. The lowest BCUT2D eigenvalue weighted by molar-refractivity contribution is 0.418. The lowest BCUT2D eigenvalue weighted by atomic mass is 10.1. The van der Waals surface area contributed by atoms with E-state index in [1.165, 1.54) is 0 Å². The summed E-state index contributed by atoms with van der Waals surface area (Å²) in [6, 6.07) is 29.0. The molecular formula is C23H20ClNO2S. The van der Waals surface area contributed by atoms with Crippen LogP contribution in [-0.2, 0) is 0 Å². The fraction of sp³-hybridized carbons (Fsp3) is 0.0435. The summed E-state index contributed by atoms with van der Waals surface area (Å²) >= 11 is 1.65. The van der Waals surface area contributed by atoms with E-state index in [0.29, 0.717) is 11.5 Å². The minimum Gasteiger partial charge on any atom is -0.453 e. The van der Waals surface area contributed by atoms with Crippen LogP contribution in [0.2, 0.25) is 0 Å². The highest BCUT2D eigenvalue weighted by Crippen LogP contribution is 2.37. The molecule has 4 rings (SSSR count). The molecule has 1 atom stereocenters. The van der Waals surface area contributed by atoms with Gasteiger partial charge in [0, 0.05) is 4.88 Å². The van der Waals surface area contributed by atoms with Crippen LogP contribution in [0.4, 0.5) is 0 Å². The van der Waals surface area contributed by atoms with E-state index in [-0.39, 0.29) is 18.4 Å². The average Bonchev–Trinajstić information content (AvgIpc) is 3.25. The second-order valence-electron chi connectivity index (χ2n) is 6.03. The van der Waals surface area contributed by atoms with Crippen molar-refractivity contribution in [2.75, 3.05) is 0 Å². The van der Waals surface area contributed by atoms with Crippen molar-refractivity contribution >= 4 is 23.7 Å². The number of halogens is 1. The van der Waals surface area contributed by atoms with Gasteiger partial charge in [-0.15, -0.1) is 23.7 Å². The van der Waals surface area contributed by atoms with Gasteiger partial charge in [0.15, 0.2) is 11.5 Å². The van der Waals surface area contributed by atoms with Crippen LogP contribution in [0.25, 0.3) is 0 Å². The smallest absolute Gasteiger partial charge is 0.170 e. The van der Waals surface area contributed by atoms with Gasteiger partial charge in [0.1, 0.15) is 11.5 Å². The van der Waals surface area contributed by atoms with Crippen LogP contribution in [-0.4, -0.2) is 0 Å². The van der Waals surface area contributed by atoms with E-state index < -0.39 is 0 Å². The molecule has 1 aromatic heterocycles. The highest BCUT2D eigenvalue weighted by atomic mass is 35.5. The predicted octanol–water partition coefficient (Wildman–Crippen LogP) is 6.80. The molecule has 5 heteroatoms. The van der Waals surface area contributed by atoms with Crippen molar-refractivity contribution in [3.63, 3.8) is 0 Å².